The van der Waals surface area contributed by atoms with Crippen LogP contribution in [0.3, 0.4) is 0 Å². The van der Waals surface area contributed by atoms with E-state index in [1.54, 1.807) is 38.1 Å². The van der Waals surface area contributed by atoms with Gasteiger partial charge in [-0.05, 0) is 56.3 Å². The Bertz CT molecular complexity index is 833. The van der Waals surface area contributed by atoms with Crippen molar-refractivity contribution < 1.29 is 13.2 Å². The molecule has 0 atom stereocenters. The van der Waals surface area contributed by atoms with Crippen molar-refractivity contribution in [1.29, 1.82) is 0 Å². The summed E-state index contributed by atoms with van der Waals surface area (Å²) in [6.45, 7) is 3.59. The lowest BCUT2D eigenvalue weighted by atomic mass is 10.2. The van der Waals surface area contributed by atoms with Crippen LogP contribution in [0.2, 0.25) is 5.02 Å². The van der Waals surface area contributed by atoms with Crippen molar-refractivity contribution in [2.75, 3.05) is 12.4 Å². The van der Waals surface area contributed by atoms with Crippen LogP contribution in [0.4, 0.5) is 5.69 Å². The fourth-order valence-corrected chi connectivity index (χ4v) is 3.55. The van der Waals surface area contributed by atoms with Gasteiger partial charge in [-0.1, -0.05) is 17.7 Å². The SMILES string of the molecule is CC(C)N(C)S(=O)(=O)c1ccc(C(=O)Nc2cccc(Cl)c2)cc1. The van der Waals surface area contributed by atoms with Gasteiger partial charge in [-0.2, -0.15) is 4.31 Å². The zero-order valence-electron chi connectivity index (χ0n) is 13.7. The van der Waals surface area contributed by atoms with Crippen molar-refractivity contribution in [2.24, 2.45) is 0 Å². The molecule has 0 unspecified atom stereocenters. The van der Waals surface area contributed by atoms with Crippen LogP contribution in [0.1, 0.15) is 24.2 Å². The van der Waals surface area contributed by atoms with Gasteiger partial charge in [0.2, 0.25) is 10.0 Å². The zero-order chi connectivity index (χ0) is 17.9. The van der Waals surface area contributed by atoms with Gasteiger partial charge >= 0.3 is 0 Å². The van der Waals surface area contributed by atoms with Crippen LogP contribution < -0.4 is 5.32 Å². The molecular weight excluding hydrogens is 348 g/mol. The molecule has 1 N–H and O–H groups in total. The highest BCUT2D eigenvalue weighted by Gasteiger charge is 2.23. The van der Waals surface area contributed by atoms with Crippen LogP contribution in [0, 0.1) is 0 Å². The molecule has 0 fully saturated rings. The van der Waals surface area contributed by atoms with Gasteiger partial charge in [-0.15, -0.1) is 0 Å². The average molecular weight is 367 g/mol. The summed E-state index contributed by atoms with van der Waals surface area (Å²) >= 11 is 5.88. The number of rotatable bonds is 5. The second kappa shape index (κ2) is 7.34. The second-order valence-corrected chi connectivity index (χ2v) is 8.04. The summed E-state index contributed by atoms with van der Waals surface area (Å²) in [7, 11) is -2.03. The third-order valence-electron chi connectivity index (χ3n) is 3.60. The number of nitrogens with one attached hydrogen (secondary N) is 1. The standard InChI is InChI=1S/C17H19ClN2O3S/c1-12(2)20(3)24(22,23)16-9-7-13(8-10-16)17(21)19-15-6-4-5-14(18)11-15/h4-12H,1-3H3,(H,19,21). The minimum atomic E-state index is -3.56. The van der Waals surface area contributed by atoms with Crippen molar-refractivity contribution in [3.05, 3.63) is 59.1 Å². The molecule has 0 saturated carbocycles. The number of benzene rings is 2. The molecule has 0 heterocycles. The Morgan fingerprint density at radius 1 is 1.12 bits per heavy atom. The fraction of sp³-hybridized carbons (Fsp3) is 0.235. The topological polar surface area (TPSA) is 66.5 Å². The fourth-order valence-electron chi connectivity index (χ4n) is 1.99. The number of sulfonamides is 1. The van der Waals surface area contributed by atoms with Crippen molar-refractivity contribution in [3.8, 4) is 0 Å². The van der Waals surface area contributed by atoms with Gasteiger partial charge in [0.25, 0.3) is 5.91 Å². The van der Waals surface area contributed by atoms with Crippen molar-refractivity contribution in [1.82, 2.24) is 4.31 Å². The summed E-state index contributed by atoms with van der Waals surface area (Å²) < 4.78 is 26.1. The summed E-state index contributed by atoms with van der Waals surface area (Å²) in [5, 5.41) is 3.23. The van der Waals surface area contributed by atoms with E-state index in [0.29, 0.717) is 16.3 Å². The van der Waals surface area contributed by atoms with Gasteiger partial charge in [0.15, 0.2) is 0 Å². The molecule has 2 rings (SSSR count). The molecule has 2 aromatic rings. The van der Waals surface area contributed by atoms with Crippen molar-refractivity contribution in [3.63, 3.8) is 0 Å². The number of carbonyl (C=O) groups excluding carboxylic acids is 1. The first-order chi connectivity index (χ1) is 11.2. The molecule has 24 heavy (non-hydrogen) atoms. The molecule has 0 aliphatic rings. The van der Waals surface area contributed by atoms with Crippen molar-refractivity contribution in [2.45, 2.75) is 24.8 Å². The Hall–Kier alpha value is -1.89. The Labute approximate surface area is 147 Å². The summed E-state index contributed by atoms with van der Waals surface area (Å²) in [5.74, 6) is -0.335. The lowest BCUT2D eigenvalue weighted by Crippen LogP contribution is -2.33. The molecule has 128 valence electrons. The molecular formula is C17H19ClN2O3S. The molecule has 0 aliphatic carbocycles. The summed E-state index contributed by atoms with van der Waals surface area (Å²) in [6.07, 6.45) is 0. The maximum absolute atomic E-state index is 12.4. The highest BCUT2D eigenvalue weighted by atomic mass is 35.5. The second-order valence-electron chi connectivity index (χ2n) is 5.60. The molecule has 0 bridgehead atoms. The molecule has 5 nitrogen and oxygen atoms in total. The normalized spacial score (nSPS) is 11.8. The van der Waals surface area contributed by atoms with Crippen LogP contribution in [-0.4, -0.2) is 31.7 Å². The summed E-state index contributed by atoms with van der Waals surface area (Å²) in [6, 6.07) is 12.5. The van der Waals surface area contributed by atoms with Crippen LogP contribution >= 0.6 is 11.6 Å². The highest BCUT2D eigenvalue weighted by Crippen LogP contribution is 2.19. The molecule has 0 aromatic heterocycles. The maximum atomic E-state index is 12.4. The quantitative estimate of drug-likeness (QED) is 0.878. The number of hydrogen-bond donors (Lipinski definition) is 1. The first-order valence-corrected chi connectivity index (χ1v) is 9.18. The number of amides is 1. The number of nitrogens with zero attached hydrogens (tertiary/aromatic N) is 1. The Balaban J connectivity index is 2.19. The third kappa shape index (κ3) is 4.14. The highest BCUT2D eigenvalue weighted by molar-refractivity contribution is 7.89. The van der Waals surface area contributed by atoms with E-state index in [-0.39, 0.29) is 16.8 Å². The molecule has 0 radical (unpaired) electrons. The van der Waals surface area contributed by atoms with Crippen LogP contribution in [0.15, 0.2) is 53.4 Å². The Morgan fingerprint density at radius 3 is 2.29 bits per heavy atom. The largest absolute Gasteiger partial charge is 0.322 e. The number of halogens is 1. The van der Waals surface area contributed by atoms with Gasteiger partial charge in [0, 0.05) is 29.4 Å². The number of carbonyl (C=O) groups is 1. The van der Waals surface area contributed by atoms with Crippen LogP contribution in [0.5, 0.6) is 0 Å². The summed E-state index contributed by atoms with van der Waals surface area (Å²) in [4.78, 5) is 12.4. The number of anilines is 1. The molecule has 2 aromatic carbocycles. The van der Waals surface area contributed by atoms with E-state index in [9.17, 15) is 13.2 Å². The first kappa shape index (κ1) is 18.4. The predicted molar refractivity (Wildman–Crippen MR) is 95.9 cm³/mol. The lowest BCUT2D eigenvalue weighted by Gasteiger charge is -2.21. The molecule has 0 saturated heterocycles. The zero-order valence-corrected chi connectivity index (χ0v) is 15.2. The molecule has 1 amide bonds. The molecule has 7 heteroatoms. The number of hydrogen-bond acceptors (Lipinski definition) is 3. The van der Waals surface area contributed by atoms with Gasteiger partial charge in [-0.25, -0.2) is 8.42 Å². The Kier molecular flexibility index (Phi) is 5.64. The van der Waals surface area contributed by atoms with Crippen LogP contribution in [-0.2, 0) is 10.0 Å². The summed E-state index contributed by atoms with van der Waals surface area (Å²) in [5.41, 5.74) is 0.935. The first-order valence-electron chi connectivity index (χ1n) is 7.37. The molecule has 0 aliphatic heterocycles. The van der Waals surface area contributed by atoms with E-state index in [1.807, 2.05) is 0 Å². The predicted octanol–water partition coefficient (Wildman–Crippen LogP) is 3.62. The third-order valence-corrected chi connectivity index (χ3v) is 5.89. The molecule has 0 spiro atoms. The average Bonchev–Trinajstić information content (AvgIpc) is 2.54. The van der Waals surface area contributed by atoms with Crippen molar-refractivity contribution >= 4 is 33.2 Å². The maximum Gasteiger partial charge on any atom is 0.255 e. The van der Waals surface area contributed by atoms with Gasteiger partial charge in [0.05, 0.1) is 4.90 Å². The van der Waals surface area contributed by atoms with E-state index < -0.39 is 10.0 Å². The van der Waals surface area contributed by atoms with E-state index in [1.165, 1.54) is 35.6 Å². The minimum Gasteiger partial charge on any atom is -0.322 e. The van der Waals surface area contributed by atoms with E-state index in [2.05, 4.69) is 5.32 Å². The van der Waals surface area contributed by atoms with Gasteiger partial charge < -0.3 is 5.32 Å². The smallest absolute Gasteiger partial charge is 0.255 e. The minimum absolute atomic E-state index is 0.151. The monoisotopic (exact) mass is 366 g/mol. The van der Waals surface area contributed by atoms with E-state index >= 15 is 0 Å². The van der Waals surface area contributed by atoms with Gasteiger partial charge in [0.1, 0.15) is 0 Å². The van der Waals surface area contributed by atoms with E-state index in [4.69, 9.17) is 11.6 Å². The lowest BCUT2D eigenvalue weighted by molar-refractivity contribution is 0.102. The Morgan fingerprint density at radius 2 is 1.75 bits per heavy atom. The van der Waals surface area contributed by atoms with Crippen LogP contribution in [0.25, 0.3) is 0 Å². The van der Waals surface area contributed by atoms with E-state index in [0.717, 1.165) is 0 Å². The van der Waals surface area contributed by atoms with Gasteiger partial charge in [-0.3, -0.25) is 4.79 Å².